The summed E-state index contributed by atoms with van der Waals surface area (Å²) >= 11 is 0. The Bertz CT molecular complexity index is 527. The predicted octanol–water partition coefficient (Wildman–Crippen LogP) is 1.36. The zero-order chi connectivity index (χ0) is 14.8. The van der Waals surface area contributed by atoms with Crippen LogP contribution in [0.15, 0.2) is 24.3 Å². The summed E-state index contributed by atoms with van der Waals surface area (Å²) in [4.78, 5) is 22.2. The molecule has 0 spiro atoms. The monoisotopic (exact) mass is 272 g/mol. The smallest absolute Gasteiger partial charge is 0.251 e. The molecule has 0 aliphatic carbocycles. The third kappa shape index (κ3) is 6.17. The third-order valence-electron chi connectivity index (χ3n) is 2.61. The van der Waals surface area contributed by atoms with E-state index in [1.807, 2.05) is 12.1 Å². The Kier molecular flexibility index (Phi) is 7.08. The third-order valence-corrected chi connectivity index (χ3v) is 2.61. The van der Waals surface area contributed by atoms with Gasteiger partial charge in [0.15, 0.2) is 0 Å². The lowest BCUT2D eigenvalue weighted by atomic mass is 10.1. The molecule has 106 valence electrons. The van der Waals surface area contributed by atoms with Crippen molar-refractivity contribution in [1.29, 1.82) is 0 Å². The predicted molar refractivity (Wildman–Crippen MR) is 79.5 cm³/mol. The molecule has 2 N–H and O–H groups in total. The van der Waals surface area contributed by atoms with Crippen molar-refractivity contribution < 1.29 is 9.59 Å². The quantitative estimate of drug-likeness (QED) is 0.607. The summed E-state index contributed by atoms with van der Waals surface area (Å²) in [6.45, 7) is 2.76. The molecule has 1 aromatic rings. The molecule has 4 heteroatoms. The van der Waals surface area contributed by atoms with E-state index >= 15 is 0 Å². The summed E-state index contributed by atoms with van der Waals surface area (Å²) < 4.78 is 0. The Balaban J connectivity index is 2.40. The fraction of sp³-hybridized carbons (Fsp3) is 0.375. The molecule has 0 atom stereocenters. The molecule has 0 aliphatic rings. The summed E-state index contributed by atoms with van der Waals surface area (Å²) in [5.41, 5.74) is 1.45. The first-order valence-corrected chi connectivity index (χ1v) is 6.64. The van der Waals surface area contributed by atoms with Crippen LogP contribution in [0.1, 0.15) is 35.7 Å². The molecule has 1 aromatic carbocycles. The molecular weight excluding hydrogens is 252 g/mol. The Hall–Kier alpha value is -2.12. The average Bonchev–Trinajstić information content (AvgIpc) is 2.45. The number of benzene rings is 1. The molecule has 0 aliphatic heterocycles. The molecule has 0 unspecified atom stereocenters. The number of carbonyl (C=O) groups is 2. The standard InChI is InChI=1S/C16H20N2O2/c1-13(19)12-18-10-5-3-4-7-14-8-6-9-15(11-14)16(20)17-2/h6,8-9,11,18H,3,5,10,12H2,1-2H3,(H,17,20). The SMILES string of the molecule is CNC(=O)c1cccc(C#CCCCNCC(C)=O)c1. The van der Waals surface area contributed by atoms with Gasteiger partial charge in [-0.3, -0.25) is 9.59 Å². The van der Waals surface area contributed by atoms with Crippen molar-refractivity contribution in [3.8, 4) is 11.8 Å². The number of hydrogen-bond acceptors (Lipinski definition) is 3. The number of rotatable bonds is 6. The lowest BCUT2D eigenvalue weighted by Gasteiger charge is -1.99. The maximum atomic E-state index is 11.5. The Morgan fingerprint density at radius 3 is 2.80 bits per heavy atom. The molecule has 1 rings (SSSR count). The number of hydrogen-bond donors (Lipinski definition) is 2. The second-order valence-corrected chi connectivity index (χ2v) is 4.44. The van der Waals surface area contributed by atoms with Crippen molar-refractivity contribution in [3.05, 3.63) is 35.4 Å². The summed E-state index contributed by atoms with van der Waals surface area (Å²) in [6, 6.07) is 7.24. The van der Waals surface area contributed by atoms with Gasteiger partial charge in [0.2, 0.25) is 0 Å². The van der Waals surface area contributed by atoms with Crippen molar-refractivity contribution in [2.24, 2.45) is 0 Å². The highest BCUT2D eigenvalue weighted by atomic mass is 16.1. The van der Waals surface area contributed by atoms with Crippen molar-refractivity contribution >= 4 is 11.7 Å². The van der Waals surface area contributed by atoms with Gasteiger partial charge in [-0.25, -0.2) is 0 Å². The molecule has 4 nitrogen and oxygen atoms in total. The van der Waals surface area contributed by atoms with Gasteiger partial charge in [0.25, 0.3) is 5.91 Å². The first kappa shape index (κ1) is 15.9. The van der Waals surface area contributed by atoms with Crippen LogP contribution < -0.4 is 10.6 Å². The maximum Gasteiger partial charge on any atom is 0.251 e. The normalized spacial score (nSPS) is 9.50. The van der Waals surface area contributed by atoms with Crippen LogP contribution in [0.4, 0.5) is 0 Å². The number of carbonyl (C=O) groups excluding carboxylic acids is 2. The van der Waals surface area contributed by atoms with E-state index < -0.39 is 0 Å². The lowest BCUT2D eigenvalue weighted by molar-refractivity contribution is -0.116. The van der Waals surface area contributed by atoms with Gasteiger partial charge in [-0.05, 0) is 38.1 Å². The van der Waals surface area contributed by atoms with Gasteiger partial charge in [-0.2, -0.15) is 0 Å². The minimum atomic E-state index is -0.109. The number of ketones is 1. The lowest BCUT2D eigenvalue weighted by Crippen LogP contribution is -2.21. The van der Waals surface area contributed by atoms with E-state index in [0.717, 1.165) is 24.9 Å². The molecule has 0 saturated carbocycles. The first-order valence-electron chi connectivity index (χ1n) is 6.64. The average molecular weight is 272 g/mol. The van der Waals surface area contributed by atoms with Crippen molar-refractivity contribution in [2.75, 3.05) is 20.1 Å². The van der Waals surface area contributed by atoms with Crippen LogP contribution in [0.25, 0.3) is 0 Å². The number of unbranched alkanes of at least 4 members (excludes halogenated alkanes) is 1. The molecule has 0 fully saturated rings. The summed E-state index contributed by atoms with van der Waals surface area (Å²) in [7, 11) is 1.61. The molecule has 0 radical (unpaired) electrons. The van der Waals surface area contributed by atoms with Crippen LogP contribution in [-0.2, 0) is 4.79 Å². The zero-order valence-corrected chi connectivity index (χ0v) is 12.0. The van der Waals surface area contributed by atoms with Crippen LogP contribution in [0, 0.1) is 11.8 Å². The van der Waals surface area contributed by atoms with Gasteiger partial charge in [0.1, 0.15) is 5.78 Å². The summed E-state index contributed by atoms with van der Waals surface area (Å²) in [5.74, 6) is 6.14. The fourth-order valence-corrected chi connectivity index (χ4v) is 1.61. The molecule has 0 aromatic heterocycles. The van der Waals surface area contributed by atoms with Gasteiger partial charge < -0.3 is 10.6 Å². The second-order valence-electron chi connectivity index (χ2n) is 4.44. The number of nitrogens with one attached hydrogen (secondary N) is 2. The van der Waals surface area contributed by atoms with Gasteiger partial charge >= 0.3 is 0 Å². The van der Waals surface area contributed by atoms with Gasteiger partial charge in [-0.15, -0.1) is 0 Å². The Morgan fingerprint density at radius 2 is 2.10 bits per heavy atom. The van der Waals surface area contributed by atoms with Gasteiger partial charge in [-0.1, -0.05) is 17.9 Å². The minimum Gasteiger partial charge on any atom is -0.355 e. The molecule has 0 heterocycles. The molecule has 0 bridgehead atoms. The highest BCUT2D eigenvalue weighted by Gasteiger charge is 2.01. The van der Waals surface area contributed by atoms with E-state index in [9.17, 15) is 9.59 Å². The molecular formula is C16H20N2O2. The van der Waals surface area contributed by atoms with E-state index in [4.69, 9.17) is 0 Å². The van der Waals surface area contributed by atoms with Gasteiger partial charge in [0.05, 0.1) is 6.54 Å². The summed E-state index contributed by atoms with van der Waals surface area (Å²) in [5, 5.41) is 5.63. The van der Waals surface area contributed by atoms with Crippen molar-refractivity contribution in [1.82, 2.24) is 10.6 Å². The molecule has 1 amide bonds. The van der Waals surface area contributed by atoms with Crippen molar-refractivity contribution in [2.45, 2.75) is 19.8 Å². The number of Topliss-reactive ketones (excluding diaryl/α,β-unsaturated/α-hetero) is 1. The fourth-order valence-electron chi connectivity index (χ4n) is 1.61. The minimum absolute atomic E-state index is 0.109. The van der Waals surface area contributed by atoms with Crippen LogP contribution in [0.3, 0.4) is 0 Å². The number of amides is 1. The Labute approximate surface area is 120 Å². The molecule has 20 heavy (non-hydrogen) atoms. The van der Waals surface area contributed by atoms with Crippen LogP contribution in [0.2, 0.25) is 0 Å². The largest absolute Gasteiger partial charge is 0.355 e. The van der Waals surface area contributed by atoms with Crippen molar-refractivity contribution in [3.63, 3.8) is 0 Å². The van der Waals surface area contributed by atoms with Crippen LogP contribution in [0.5, 0.6) is 0 Å². The highest BCUT2D eigenvalue weighted by Crippen LogP contribution is 2.04. The van der Waals surface area contributed by atoms with E-state index in [0.29, 0.717) is 12.1 Å². The summed E-state index contributed by atoms with van der Waals surface area (Å²) in [6.07, 6.45) is 1.66. The van der Waals surface area contributed by atoms with E-state index in [-0.39, 0.29) is 11.7 Å². The Morgan fingerprint density at radius 1 is 1.30 bits per heavy atom. The van der Waals surface area contributed by atoms with Gasteiger partial charge in [0, 0.05) is 24.6 Å². The zero-order valence-electron chi connectivity index (χ0n) is 12.0. The first-order chi connectivity index (χ1) is 9.63. The van der Waals surface area contributed by atoms with Crippen LogP contribution >= 0.6 is 0 Å². The maximum absolute atomic E-state index is 11.5. The van der Waals surface area contributed by atoms with Crippen LogP contribution in [-0.4, -0.2) is 31.8 Å². The topological polar surface area (TPSA) is 58.2 Å². The van der Waals surface area contributed by atoms with E-state index in [1.165, 1.54) is 0 Å². The second kappa shape index (κ2) is 8.89. The van der Waals surface area contributed by atoms with E-state index in [2.05, 4.69) is 22.5 Å². The molecule has 0 saturated heterocycles. The van der Waals surface area contributed by atoms with E-state index in [1.54, 1.807) is 26.1 Å². The highest BCUT2D eigenvalue weighted by molar-refractivity contribution is 5.94.